The van der Waals surface area contributed by atoms with Crippen molar-refractivity contribution in [2.45, 2.75) is 19.4 Å². The number of halogens is 1. The lowest BCUT2D eigenvalue weighted by molar-refractivity contribution is 0.122. The third-order valence-electron chi connectivity index (χ3n) is 4.75. The maximum absolute atomic E-state index is 5.48. The molecule has 1 atom stereocenters. The minimum Gasteiger partial charge on any atom is -0.378 e. The number of nitrogens with one attached hydrogen (secondary N) is 1. The number of nitrogens with zero attached hydrogens (tertiary/aromatic N) is 2. The minimum atomic E-state index is 0. The fraction of sp³-hybridized carbons (Fsp3) is 0.667. The first-order valence-electron chi connectivity index (χ1n) is 8.63. The summed E-state index contributed by atoms with van der Waals surface area (Å²) in [5, 5.41) is 3.52. The van der Waals surface area contributed by atoms with Crippen molar-refractivity contribution in [3.05, 3.63) is 29.8 Å². The Bertz CT molecular complexity index is 459. The second-order valence-corrected chi connectivity index (χ2v) is 6.64. The number of hydrogen-bond acceptors (Lipinski definition) is 4. The van der Waals surface area contributed by atoms with Crippen LogP contribution in [0.4, 0.5) is 5.69 Å². The van der Waals surface area contributed by atoms with E-state index in [4.69, 9.17) is 4.74 Å². The van der Waals surface area contributed by atoms with E-state index in [9.17, 15) is 0 Å². The van der Waals surface area contributed by atoms with Crippen molar-refractivity contribution in [2.75, 3.05) is 57.9 Å². The Hall–Kier alpha value is -0.810. The topological polar surface area (TPSA) is 27.7 Å². The summed E-state index contributed by atoms with van der Waals surface area (Å²) in [7, 11) is 2.25. The zero-order valence-corrected chi connectivity index (χ0v) is 15.0. The van der Waals surface area contributed by atoms with E-state index >= 15 is 0 Å². The highest BCUT2D eigenvalue weighted by Crippen LogP contribution is 2.23. The summed E-state index contributed by atoms with van der Waals surface area (Å²) < 4.78 is 5.48. The molecule has 4 nitrogen and oxygen atoms in total. The van der Waals surface area contributed by atoms with Gasteiger partial charge in [-0.2, -0.15) is 0 Å². The van der Waals surface area contributed by atoms with Crippen LogP contribution in [0.1, 0.15) is 18.4 Å². The molecule has 1 aromatic rings. The molecule has 3 rings (SSSR count). The number of para-hydroxylation sites is 1. The number of morpholine rings is 1. The van der Waals surface area contributed by atoms with E-state index in [1.54, 1.807) is 0 Å². The summed E-state index contributed by atoms with van der Waals surface area (Å²) in [6.45, 7) is 8.29. The van der Waals surface area contributed by atoms with Crippen molar-refractivity contribution in [3.8, 4) is 0 Å². The van der Waals surface area contributed by atoms with Crippen LogP contribution in [0.15, 0.2) is 24.3 Å². The van der Waals surface area contributed by atoms with Crippen LogP contribution in [0.5, 0.6) is 0 Å². The fourth-order valence-corrected chi connectivity index (χ4v) is 3.63. The molecule has 2 aliphatic heterocycles. The fourth-order valence-electron chi connectivity index (χ4n) is 3.63. The van der Waals surface area contributed by atoms with Crippen LogP contribution < -0.4 is 10.2 Å². The van der Waals surface area contributed by atoms with Crippen LogP contribution in [-0.2, 0) is 11.3 Å². The van der Waals surface area contributed by atoms with Crippen molar-refractivity contribution < 1.29 is 4.74 Å². The summed E-state index contributed by atoms with van der Waals surface area (Å²) in [4.78, 5) is 4.95. The zero-order valence-electron chi connectivity index (χ0n) is 14.2. The summed E-state index contributed by atoms with van der Waals surface area (Å²) in [5.41, 5.74) is 2.83. The number of benzene rings is 1. The van der Waals surface area contributed by atoms with Gasteiger partial charge in [0.2, 0.25) is 0 Å². The lowest BCUT2D eigenvalue weighted by Crippen LogP contribution is -2.38. The normalized spacial score (nSPS) is 22.0. The highest BCUT2D eigenvalue weighted by Gasteiger charge is 2.18. The first kappa shape index (κ1) is 18.5. The molecule has 130 valence electrons. The Balaban J connectivity index is 0.00000192. The standard InChI is InChI=1S/C18H29N3O.ClH/c1-20(14-16-5-4-8-19-13-16)15-17-6-2-3-7-18(17)21-9-11-22-12-10-21;/h2-3,6-7,16,19H,4-5,8-15H2,1H3;1H. The van der Waals surface area contributed by atoms with E-state index in [0.717, 1.165) is 38.8 Å². The lowest BCUT2D eigenvalue weighted by Gasteiger charge is -2.32. The Labute approximate surface area is 146 Å². The molecule has 0 amide bonds. The minimum absolute atomic E-state index is 0. The van der Waals surface area contributed by atoms with Crippen LogP contribution in [-0.4, -0.2) is 57.9 Å². The molecule has 1 unspecified atom stereocenters. The van der Waals surface area contributed by atoms with E-state index < -0.39 is 0 Å². The maximum Gasteiger partial charge on any atom is 0.0642 e. The Morgan fingerprint density at radius 2 is 2.04 bits per heavy atom. The van der Waals surface area contributed by atoms with Crippen LogP contribution in [0.3, 0.4) is 0 Å². The van der Waals surface area contributed by atoms with Gasteiger partial charge in [-0.05, 0) is 50.5 Å². The van der Waals surface area contributed by atoms with E-state index in [2.05, 4.69) is 46.4 Å². The number of piperidine rings is 1. The van der Waals surface area contributed by atoms with Gasteiger partial charge in [0.1, 0.15) is 0 Å². The molecule has 0 aliphatic carbocycles. The largest absolute Gasteiger partial charge is 0.378 e. The monoisotopic (exact) mass is 339 g/mol. The van der Waals surface area contributed by atoms with Gasteiger partial charge in [0.05, 0.1) is 13.2 Å². The predicted octanol–water partition coefficient (Wildman–Crippen LogP) is 2.38. The Kier molecular flexibility index (Phi) is 7.63. The van der Waals surface area contributed by atoms with Crippen molar-refractivity contribution >= 4 is 18.1 Å². The number of ether oxygens (including phenoxy) is 1. The van der Waals surface area contributed by atoms with Crippen LogP contribution >= 0.6 is 12.4 Å². The molecule has 1 N–H and O–H groups in total. The third-order valence-corrected chi connectivity index (χ3v) is 4.75. The van der Waals surface area contributed by atoms with Crippen molar-refractivity contribution in [3.63, 3.8) is 0 Å². The molecule has 23 heavy (non-hydrogen) atoms. The van der Waals surface area contributed by atoms with Crippen molar-refractivity contribution in [2.24, 2.45) is 5.92 Å². The van der Waals surface area contributed by atoms with Gasteiger partial charge in [0, 0.05) is 31.9 Å². The number of anilines is 1. The predicted molar refractivity (Wildman–Crippen MR) is 98.6 cm³/mol. The summed E-state index contributed by atoms with van der Waals surface area (Å²) >= 11 is 0. The third kappa shape index (κ3) is 5.35. The Morgan fingerprint density at radius 1 is 1.26 bits per heavy atom. The highest BCUT2D eigenvalue weighted by atomic mass is 35.5. The van der Waals surface area contributed by atoms with E-state index in [1.807, 2.05) is 0 Å². The second kappa shape index (κ2) is 9.48. The number of rotatable bonds is 5. The molecule has 0 aromatic heterocycles. The van der Waals surface area contributed by atoms with Crippen LogP contribution in [0, 0.1) is 5.92 Å². The molecule has 2 aliphatic rings. The maximum atomic E-state index is 5.48. The van der Waals surface area contributed by atoms with Gasteiger partial charge in [-0.15, -0.1) is 12.4 Å². The van der Waals surface area contributed by atoms with Gasteiger partial charge in [-0.1, -0.05) is 18.2 Å². The van der Waals surface area contributed by atoms with E-state index in [0.29, 0.717) is 0 Å². The molecule has 5 heteroatoms. The molecular weight excluding hydrogens is 310 g/mol. The van der Waals surface area contributed by atoms with Crippen molar-refractivity contribution in [1.29, 1.82) is 0 Å². The van der Waals surface area contributed by atoms with Gasteiger partial charge < -0.3 is 19.9 Å². The summed E-state index contributed by atoms with van der Waals surface area (Å²) in [5.74, 6) is 0.800. The van der Waals surface area contributed by atoms with E-state index in [-0.39, 0.29) is 12.4 Å². The Morgan fingerprint density at radius 3 is 2.78 bits per heavy atom. The average molecular weight is 340 g/mol. The first-order valence-corrected chi connectivity index (χ1v) is 8.63. The molecule has 2 fully saturated rings. The van der Waals surface area contributed by atoms with Crippen molar-refractivity contribution in [1.82, 2.24) is 10.2 Å². The first-order chi connectivity index (χ1) is 10.8. The summed E-state index contributed by atoms with van der Waals surface area (Å²) in [6, 6.07) is 8.85. The highest BCUT2D eigenvalue weighted by molar-refractivity contribution is 5.85. The summed E-state index contributed by atoms with van der Waals surface area (Å²) in [6.07, 6.45) is 2.69. The molecule has 2 heterocycles. The second-order valence-electron chi connectivity index (χ2n) is 6.64. The van der Waals surface area contributed by atoms with E-state index in [1.165, 1.54) is 43.7 Å². The van der Waals surface area contributed by atoms with Gasteiger partial charge in [-0.25, -0.2) is 0 Å². The van der Waals surface area contributed by atoms with Crippen LogP contribution in [0.25, 0.3) is 0 Å². The van der Waals surface area contributed by atoms with Gasteiger partial charge >= 0.3 is 0 Å². The van der Waals surface area contributed by atoms with Gasteiger partial charge in [0.25, 0.3) is 0 Å². The average Bonchev–Trinajstić information content (AvgIpc) is 2.57. The molecular formula is C18H30ClN3O. The molecule has 2 saturated heterocycles. The molecule has 0 saturated carbocycles. The number of hydrogen-bond donors (Lipinski definition) is 1. The van der Waals surface area contributed by atoms with Gasteiger partial charge in [0.15, 0.2) is 0 Å². The smallest absolute Gasteiger partial charge is 0.0642 e. The quantitative estimate of drug-likeness (QED) is 0.891. The molecule has 0 bridgehead atoms. The SMILES string of the molecule is CN(Cc1ccccc1N1CCOCC1)CC1CCCNC1.Cl. The molecule has 1 aromatic carbocycles. The van der Waals surface area contributed by atoms with Crippen LogP contribution in [0.2, 0.25) is 0 Å². The lowest BCUT2D eigenvalue weighted by atomic mass is 9.99. The van der Waals surface area contributed by atoms with Gasteiger partial charge in [-0.3, -0.25) is 0 Å². The zero-order chi connectivity index (χ0) is 15.2. The molecule has 0 spiro atoms. The molecule has 0 radical (unpaired) electrons.